The number of nitrogens with zero attached hydrogens (tertiary/aromatic N) is 2. The Bertz CT molecular complexity index is 457. The van der Waals surface area contributed by atoms with E-state index in [1.54, 1.807) is 4.90 Å². The maximum atomic E-state index is 14.0. The molecule has 1 saturated heterocycles. The number of anilines is 1. The number of benzene rings is 1. The second-order valence-corrected chi connectivity index (χ2v) is 5.22. The summed E-state index contributed by atoms with van der Waals surface area (Å²) >= 11 is 0. The molecule has 0 N–H and O–H groups in total. The molecule has 0 spiro atoms. The zero-order valence-electron chi connectivity index (χ0n) is 11.4. The van der Waals surface area contributed by atoms with E-state index in [0.29, 0.717) is 19.4 Å². The van der Waals surface area contributed by atoms with Crippen molar-refractivity contribution in [2.75, 3.05) is 25.0 Å². The maximum absolute atomic E-state index is 14.0. The fourth-order valence-electron chi connectivity index (χ4n) is 2.54. The van der Waals surface area contributed by atoms with Crippen LogP contribution in [-0.2, 0) is 0 Å². The van der Waals surface area contributed by atoms with Gasteiger partial charge in [0, 0.05) is 30.7 Å². The molecule has 19 heavy (non-hydrogen) atoms. The van der Waals surface area contributed by atoms with E-state index in [1.807, 2.05) is 20.9 Å². The number of carbonyl (C=O) groups excluding carboxylic acids is 1. The van der Waals surface area contributed by atoms with Gasteiger partial charge >= 0.3 is 0 Å². The number of likely N-dealkylation sites (N-methyl/N-ethyl adjacent to an activating group) is 1. The summed E-state index contributed by atoms with van der Waals surface area (Å²) in [4.78, 5) is 14.5. The van der Waals surface area contributed by atoms with Crippen molar-refractivity contribution in [3.05, 3.63) is 29.3 Å². The van der Waals surface area contributed by atoms with Gasteiger partial charge in [0.05, 0.1) is 0 Å². The van der Waals surface area contributed by atoms with Crippen molar-refractivity contribution in [1.29, 1.82) is 0 Å². The van der Waals surface area contributed by atoms with E-state index in [1.165, 1.54) is 0 Å². The third kappa shape index (κ3) is 2.61. The van der Waals surface area contributed by atoms with Gasteiger partial charge in [0.15, 0.2) is 0 Å². The molecule has 0 aliphatic carbocycles. The fourth-order valence-corrected chi connectivity index (χ4v) is 2.54. The van der Waals surface area contributed by atoms with Gasteiger partial charge in [-0.1, -0.05) is 0 Å². The van der Waals surface area contributed by atoms with Gasteiger partial charge in [0.1, 0.15) is 23.6 Å². The summed E-state index contributed by atoms with van der Waals surface area (Å²) in [7, 11) is 2.01. The molecular weight excluding hydrogens is 250 g/mol. The first-order valence-corrected chi connectivity index (χ1v) is 6.35. The summed E-state index contributed by atoms with van der Waals surface area (Å²) < 4.78 is 28.0. The van der Waals surface area contributed by atoms with Crippen LogP contribution in [0.5, 0.6) is 0 Å². The average Bonchev–Trinajstić information content (AvgIpc) is 2.34. The zero-order chi connectivity index (χ0) is 14.2. The van der Waals surface area contributed by atoms with Crippen LogP contribution >= 0.6 is 0 Å². The molecule has 2 atom stereocenters. The van der Waals surface area contributed by atoms with E-state index in [9.17, 15) is 13.6 Å². The Morgan fingerprint density at radius 1 is 1.16 bits per heavy atom. The quantitative estimate of drug-likeness (QED) is 0.769. The number of carbonyl (C=O) groups is 1. The molecule has 1 heterocycles. The van der Waals surface area contributed by atoms with Crippen LogP contribution in [0.25, 0.3) is 0 Å². The third-order valence-electron chi connectivity index (χ3n) is 3.85. The topological polar surface area (TPSA) is 23.6 Å². The van der Waals surface area contributed by atoms with E-state index < -0.39 is 11.6 Å². The van der Waals surface area contributed by atoms with Crippen LogP contribution in [0.1, 0.15) is 24.2 Å². The van der Waals surface area contributed by atoms with Crippen molar-refractivity contribution in [3.63, 3.8) is 0 Å². The molecule has 2 unspecified atom stereocenters. The SMILES string of the molecule is CC1CN(c2c(F)cc(C=O)cc2F)CC(C)N1C. The first-order chi connectivity index (χ1) is 8.93. The van der Waals surface area contributed by atoms with Crippen molar-refractivity contribution < 1.29 is 13.6 Å². The van der Waals surface area contributed by atoms with E-state index in [-0.39, 0.29) is 23.3 Å². The van der Waals surface area contributed by atoms with E-state index in [0.717, 1.165) is 12.1 Å². The first kappa shape index (κ1) is 13.9. The van der Waals surface area contributed by atoms with Crippen molar-refractivity contribution >= 4 is 12.0 Å². The van der Waals surface area contributed by atoms with Crippen LogP contribution in [0.15, 0.2) is 12.1 Å². The molecule has 0 amide bonds. The van der Waals surface area contributed by atoms with E-state index >= 15 is 0 Å². The van der Waals surface area contributed by atoms with Gasteiger partial charge in [-0.15, -0.1) is 0 Å². The number of hydrogen-bond donors (Lipinski definition) is 0. The summed E-state index contributed by atoms with van der Waals surface area (Å²) in [5.41, 5.74) is -0.00799. The summed E-state index contributed by atoms with van der Waals surface area (Å²) in [5.74, 6) is -1.35. The number of piperazine rings is 1. The van der Waals surface area contributed by atoms with Crippen LogP contribution in [0.3, 0.4) is 0 Å². The highest BCUT2D eigenvalue weighted by Gasteiger charge is 2.29. The lowest BCUT2D eigenvalue weighted by molar-refractivity contribution is 0.112. The Labute approximate surface area is 111 Å². The molecule has 5 heteroatoms. The van der Waals surface area contributed by atoms with E-state index in [2.05, 4.69) is 4.90 Å². The molecule has 2 rings (SSSR count). The van der Waals surface area contributed by atoms with Crippen LogP contribution in [0, 0.1) is 11.6 Å². The monoisotopic (exact) mass is 268 g/mol. The molecule has 0 aromatic heterocycles. The molecular formula is C14H18F2N2O. The minimum absolute atomic E-state index is 0.0222. The smallest absolute Gasteiger partial charge is 0.150 e. The minimum Gasteiger partial charge on any atom is -0.364 e. The van der Waals surface area contributed by atoms with Gasteiger partial charge in [-0.2, -0.15) is 0 Å². The summed E-state index contributed by atoms with van der Waals surface area (Å²) in [6.07, 6.45) is 0.450. The third-order valence-corrected chi connectivity index (χ3v) is 3.85. The number of halogens is 2. The predicted molar refractivity (Wildman–Crippen MR) is 70.6 cm³/mol. The molecule has 1 aliphatic rings. The predicted octanol–water partition coefficient (Wildman–Crippen LogP) is 2.31. The van der Waals surface area contributed by atoms with Gasteiger partial charge in [0.25, 0.3) is 0 Å². The molecule has 0 bridgehead atoms. The molecule has 1 fully saturated rings. The first-order valence-electron chi connectivity index (χ1n) is 6.35. The summed E-state index contributed by atoms with van der Waals surface area (Å²) in [6, 6.07) is 2.60. The highest BCUT2D eigenvalue weighted by atomic mass is 19.1. The number of aldehydes is 1. The van der Waals surface area contributed by atoms with Crippen LogP contribution in [0.2, 0.25) is 0 Å². The normalized spacial score (nSPS) is 24.6. The van der Waals surface area contributed by atoms with Crippen molar-refractivity contribution in [1.82, 2.24) is 4.90 Å². The molecule has 1 aromatic rings. The highest BCUT2D eigenvalue weighted by molar-refractivity contribution is 5.76. The maximum Gasteiger partial charge on any atom is 0.150 e. The molecule has 1 aliphatic heterocycles. The Balaban J connectivity index is 2.34. The molecule has 3 nitrogen and oxygen atoms in total. The standard InChI is InChI=1S/C14H18F2N2O/c1-9-6-18(7-10(2)17(9)3)14-12(15)4-11(8-19)5-13(14)16/h4-5,8-10H,6-7H2,1-3H3. The second kappa shape index (κ2) is 5.25. The van der Waals surface area contributed by atoms with Crippen LogP contribution in [-0.4, -0.2) is 43.4 Å². The van der Waals surface area contributed by atoms with Crippen LogP contribution in [0.4, 0.5) is 14.5 Å². The lowest BCUT2D eigenvalue weighted by Gasteiger charge is -2.43. The number of rotatable bonds is 2. The van der Waals surface area contributed by atoms with E-state index in [4.69, 9.17) is 0 Å². The largest absolute Gasteiger partial charge is 0.364 e. The van der Waals surface area contributed by atoms with Crippen molar-refractivity contribution in [3.8, 4) is 0 Å². The van der Waals surface area contributed by atoms with Crippen molar-refractivity contribution in [2.45, 2.75) is 25.9 Å². The van der Waals surface area contributed by atoms with Crippen molar-refractivity contribution in [2.24, 2.45) is 0 Å². The molecule has 0 saturated carbocycles. The summed E-state index contributed by atoms with van der Waals surface area (Å²) in [5, 5.41) is 0. The molecule has 0 radical (unpaired) electrons. The van der Waals surface area contributed by atoms with Gasteiger partial charge in [-0.3, -0.25) is 9.69 Å². The van der Waals surface area contributed by atoms with Gasteiger partial charge in [0.2, 0.25) is 0 Å². The minimum atomic E-state index is -0.675. The second-order valence-electron chi connectivity index (χ2n) is 5.22. The van der Waals surface area contributed by atoms with Gasteiger partial charge in [-0.25, -0.2) is 8.78 Å². The highest BCUT2D eigenvalue weighted by Crippen LogP contribution is 2.28. The zero-order valence-corrected chi connectivity index (χ0v) is 11.4. The fraction of sp³-hybridized carbons (Fsp3) is 0.500. The van der Waals surface area contributed by atoms with Gasteiger partial charge < -0.3 is 4.90 Å². The summed E-state index contributed by atoms with van der Waals surface area (Å²) in [6.45, 7) is 5.18. The Kier molecular flexibility index (Phi) is 3.85. The average molecular weight is 268 g/mol. The Morgan fingerprint density at radius 2 is 1.63 bits per heavy atom. The number of hydrogen-bond acceptors (Lipinski definition) is 3. The Morgan fingerprint density at radius 3 is 2.05 bits per heavy atom. The lowest BCUT2D eigenvalue weighted by atomic mass is 10.1. The Hall–Kier alpha value is -1.49. The molecule has 1 aromatic carbocycles. The molecule has 104 valence electrons. The van der Waals surface area contributed by atoms with Crippen LogP contribution < -0.4 is 4.90 Å². The lowest BCUT2D eigenvalue weighted by Crippen LogP contribution is -2.55. The van der Waals surface area contributed by atoms with Gasteiger partial charge in [-0.05, 0) is 33.0 Å².